The van der Waals surface area contributed by atoms with Gasteiger partial charge in [0.25, 0.3) is 0 Å². The van der Waals surface area contributed by atoms with Crippen LogP contribution in [0, 0.1) is 0 Å². The van der Waals surface area contributed by atoms with E-state index in [1.54, 1.807) is 0 Å². The topological polar surface area (TPSA) is 63.4 Å². The molecule has 1 saturated heterocycles. The van der Waals surface area contributed by atoms with Gasteiger partial charge in [-0.1, -0.05) is 19.3 Å². The highest BCUT2D eigenvalue weighted by Gasteiger charge is 2.38. The molecule has 1 amide bonds. The van der Waals surface area contributed by atoms with Crippen molar-refractivity contribution >= 4 is 29.1 Å². The molecule has 2 aliphatic rings. The molecule has 1 aliphatic carbocycles. The summed E-state index contributed by atoms with van der Waals surface area (Å²) in [7, 11) is -0.731. The molecule has 1 aliphatic heterocycles. The Morgan fingerprint density at radius 2 is 1.65 bits per heavy atom. The Kier molecular flexibility index (Phi) is 5.41. The summed E-state index contributed by atoms with van der Waals surface area (Å²) in [5.41, 5.74) is 5.57. The Labute approximate surface area is 111 Å². The van der Waals surface area contributed by atoms with Crippen molar-refractivity contribution in [2.24, 2.45) is 5.73 Å². The summed E-state index contributed by atoms with van der Waals surface area (Å²) in [4.78, 5) is 14.1. The number of amides is 1. The number of hydrogen-bond donors (Lipinski definition) is 1. The van der Waals surface area contributed by atoms with Crippen molar-refractivity contribution in [3.8, 4) is 0 Å². The fourth-order valence-corrected chi connectivity index (χ4v) is 3.60. The smallest absolute Gasteiger partial charge is 0.242 e. The van der Waals surface area contributed by atoms with Crippen LogP contribution in [0.1, 0.15) is 32.1 Å². The summed E-state index contributed by atoms with van der Waals surface area (Å²) in [6, 6.07) is 0. The van der Waals surface area contributed by atoms with Crippen LogP contribution in [0.3, 0.4) is 0 Å². The van der Waals surface area contributed by atoms with Gasteiger partial charge in [-0.2, -0.15) is 0 Å². The minimum atomic E-state index is -0.731. The first-order valence-electron chi connectivity index (χ1n) is 6.05. The van der Waals surface area contributed by atoms with Crippen LogP contribution in [-0.2, 0) is 15.6 Å². The van der Waals surface area contributed by atoms with Gasteiger partial charge in [-0.05, 0) is 12.8 Å². The average molecular weight is 281 g/mol. The zero-order valence-corrected chi connectivity index (χ0v) is 11.7. The second-order valence-corrected chi connectivity index (χ2v) is 6.55. The minimum Gasteiger partial charge on any atom is -0.339 e. The predicted octanol–water partition coefficient (Wildman–Crippen LogP) is 0.661. The molecule has 0 spiro atoms. The monoisotopic (exact) mass is 280 g/mol. The van der Waals surface area contributed by atoms with E-state index < -0.39 is 16.3 Å². The maximum Gasteiger partial charge on any atom is 0.242 e. The van der Waals surface area contributed by atoms with Gasteiger partial charge in [0.15, 0.2) is 0 Å². The molecule has 0 radical (unpaired) electrons. The van der Waals surface area contributed by atoms with Crippen LogP contribution in [0.2, 0.25) is 0 Å². The average Bonchev–Trinajstić information content (AvgIpc) is 2.30. The van der Waals surface area contributed by atoms with Crippen LogP contribution in [0.5, 0.6) is 0 Å². The van der Waals surface area contributed by atoms with Crippen molar-refractivity contribution in [2.45, 2.75) is 37.6 Å². The lowest BCUT2D eigenvalue weighted by Gasteiger charge is -2.38. The summed E-state index contributed by atoms with van der Waals surface area (Å²) in [6.07, 6.45) is 4.93. The van der Waals surface area contributed by atoms with Crippen molar-refractivity contribution in [3.63, 3.8) is 0 Å². The fourth-order valence-electron chi connectivity index (χ4n) is 2.55. The standard InChI is InChI=1S/C11H20N2O2S.ClH/c12-11(4-2-1-3-5-11)10(14)13-6-8-16(15)9-7-13;/h1-9,12H2;1H. The number of nitrogens with two attached hydrogens (primary N) is 1. The van der Waals surface area contributed by atoms with Gasteiger partial charge in [0.1, 0.15) is 0 Å². The lowest BCUT2D eigenvalue weighted by atomic mass is 9.81. The number of halogens is 1. The largest absolute Gasteiger partial charge is 0.339 e. The molecule has 0 aromatic heterocycles. The van der Waals surface area contributed by atoms with E-state index in [0.29, 0.717) is 24.6 Å². The normalized spacial score (nSPS) is 25.1. The quantitative estimate of drug-likeness (QED) is 0.768. The summed E-state index contributed by atoms with van der Waals surface area (Å²) >= 11 is 0. The first-order valence-corrected chi connectivity index (χ1v) is 7.54. The van der Waals surface area contributed by atoms with Crippen molar-refractivity contribution in [2.75, 3.05) is 24.6 Å². The van der Waals surface area contributed by atoms with E-state index in [0.717, 1.165) is 25.7 Å². The summed E-state index contributed by atoms with van der Waals surface area (Å²) < 4.78 is 11.2. The van der Waals surface area contributed by atoms with E-state index in [2.05, 4.69) is 0 Å². The maximum absolute atomic E-state index is 12.3. The van der Waals surface area contributed by atoms with Gasteiger partial charge < -0.3 is 10.6 Å². The molecule has 1 saturated carbocycles. The lowest BCUT2D eigenvalue weighted by Crippen LogP contribution is -2.58. The van der Waals surface area contributed by atoms with Crippen molar-refractivity contribution in [3.05, 3.63) is 0 Å². The fraction of sp³-hybridized carbons (Fsp3) is 0.909. The molecule has 6 heteroatoms. The van der Waals surface area contributed by atoms with Crippen molar-refractivity contribution in [1.82, 2.24) is 4.90 Å². The van der Waals surface area contributed by atoms with Crippen LogP contribution < -0.4 is 5.73 Å². The molecule has 0 unspecified atom stereocenters. The number of carbonyl (C=O) groups is 1. The highest BCUT2D eigenvalue weighted by molar-refractivity contribution is 7.85. The molecule has 2 N–H and O–H groups in total. The van der Waals surface area contributed by atoms with E-state index >= 15 is 0 Å². The van der Waals surface area contributed by atoms with Gasteiger partial charge in [-0.25, -0.2) is 0 Å². The molecule has 0 bridgehead atoms. The second kappa shape index (κ2) is 6.16. The van der Waals surface area contributed by atoms with Gasteiger partial charge in [0, 0.05) is 35.4 Å². The molecule has 2 fully saturated rings. The van der Waals surface area contributed by atoms with Crippen LogP contribution in [0.4, 0.5) is 0 Å². The van der Waals surface area contributed by atoms with Crippen LogP contribution in [0.15, 0.2) is 0 Å². The Hall–Kier alpha value is -0.130. The molecule has 0 aromatic carbocycles. The summed E-state index contributed by atoms with van der Waals surface area (Å²) in [5, 5.41) is 0. The zero-order chi connectivity index (χ0) is 11.6. The predicted molar refractivity (Wildman–Crippen MR) is 71.7 cm³/mol. The molecule has 2 rings (SSSR count). The molecule has 1 heterocycles. The number of rotatable bonds is 1. The van der Waals surface area contributed by atoms with E-state index in [9.17, 15) is 9.00 Å². The van der Waals surface area contributed by atoms with Crippen LogP contribution >= 0.6 is 12.4 Å². The Morgan fingerprint density at radius 3 is 2.18 bits per heavy atom. The highest BCUT2D eigenvalue weighted by atomic mass is 35.5. The molecule has 0 atom stereocenters. The minimum absolute atomic E-state index is 0. The van der Waals surface area contributed by atoms with Gasteiger partial charge in [0.05, 0.1) is 5.54 Å². The zero-order valence-electron chi connectivity index (χ0n) is 10.0. The molecule has 100 valence electrons. The van der Waals surface area contributed by atoms with Crippen molar-refractivity contribution < 1.29 is 9.00 Å². The third kappa shape index (κ3) is 3.42. The molecular weight excluding hydrogens is 260 g/mol. The number of carbonyl (C=O) groups excluding carboxylic acids is 1. The molecule has 0 aromatic rings. The van der Waals surface area contributed by atoms with E-state index in [-0.39, 0.29) is 18.3 Å². The third-order valence-corrected chi connectivity index (χ3v) is 4.91. The van der Waals surface area contributed by atoms with E-state index in [1.807, 2.05) is 4.90 Å². The van der Waals surface area contributed by atoms with Crippen LogP contribution in [0.25, 0.3) is 0 Å². The first-order chi connectivity index (χ1) is 7.62. The highest BCUT2D eigenvalue weighted by Crippen LogP contribution is 2.28. The molecular formula is C11H21ClN2O2S. The Balaban J connectivity index is 0.00000144. The third-order valence-electron chi connectivity index (χ3n) is 3.64. The van der Waals surface area contributed by atoms with Crippen LogP contribution in [-0.4, -0.2) is 45.2 Å². The summed E-state index contributed by atoms with van der Waals surface area (Å²) in [5.74, 6) is 1.31. The van der Waals surface area contributed by atoms with Gasteiger partial charge >= 0.3 is 0 Å². The van der Waals surface area contributed by atoms with E-state index in [1.165, 1.54) is 6.42 Å². The SMILES string of the molecule is Cl.NC1(C(=O)N2CCS(=O)CC2)CCCCC1. The van der Waals surface area contributed by atoms with E-state index in [4.69, 9.17) is 5.73 Å². The molecule has 17 heavy (non-hydrogen) atoms. The Bertz CT molecular complexity index is 296. The number of hydrogen-bond acceptors (Lipinski definition) is 3. The number of nitrogens with zero attached hydrogens (tertiary/aromatic N) is 1. The lowest BCUT2D eigenvalue weighted by molar-refractivity contribution is -0.137. The van der Waals surface area contributed by atoms with Crippen molar-refractivity contribution in [1.29, 1.82) is 0 Å². The molecule has 4 nitrogen and oxygen atoms in total. The maximum atomic E-state index is 12.3. The van der Waals surface area contributed by atoms with Gasteiger partial charge in [-0.3, -0.25) is 9.00 Å². The first kappa shape index (κ1) is 14.9. The Morgan fingerprint density at radius 1 is 1.12 bits per heavy atom. The van der Waals surface area contributed by atoms with Gasteiger partial charge in [-0.15, -0.1) is 12.4 Å². The van der Waals surface area contributed by atoms with Gasteiger partial charge in [0.2, 0.25) is 5.91 Å². The summed E-state index contributed by atoms with van der Waals surface area (Å²) in [6.45, 7) is 1.23. The second-order valence-electron chi connectivity index (χ2n) is 4.86.